The van der Waals surface area contributed by atoms with Crippen molar-refractivity contribution in [3.63, 3.8) is 0 Å². The Morgan fingerprint density at radius 3 is 2.53 bits per heavy atom. The van der Waals surface area contributed by atoms with Crippen LogP contribution in [0.2, 0.25) is 0 Å². The molecule has 98 valence electrons. The van der Waals surface area contributed by atoms with Gasteiger partial charge in [0.05, 0.1) is 12.5 Å². The second kappa shape index (κ2) is 6.56. The van der Waals surface area contributed by atoms with Crippen molar-refractivity contribution >= 4 is 11.8 Å². The largest absolute Gasteiger partial charge is 0.359 e. The summed E-state index contributed by atoms with van der Waals surface area (Å²) in [5.74, 6) is -0.0917. The number of amides is 2. The van der Waals surface area contributed by atoms with Crippen molar-refractivity contribution in [3.05, 3.63) is 0 Å². The van der Waals surface area contributed by atoms with Gasteiger partial charge in [0.15, 0.2) is 0 Å². The van der Waals surface area contributed by atoms with Crippen LogP contribution in [0.15, 0.2) is 0 Å². The minimum absolute atomic E-state index is 0.000933. The van der Waals surface area contributed by atoms with Gasteiger partial charge in [0, 0.05) is 33.2 Å². The number of hydrogen-bond acceptors (Lipinski definition) is 4. The molecule has 0 radical (unpaired) electrons. The van der Waals surface area contributed by atoms with Gasteiger partial charge in [0.25, 0.3) is 0 Å². The summed E-state index contributed by atoms with van der Waals surface area (Å²) in [5.41, 5.74) is 0. The highest BCUT2D eigenvalue weighted by Gasteiger charge is 2.27. The molecule has 2 N–H and O–H groups in total. The molecule has 0 bridgehead atoms. The zero-order chi connectivity index (χ0) is 12.8. The van der Waals surface area contributed by atoms with Crippen molar-refractivity contribution in [1.29, 1.82) is 0 Å². The number of rotatable bonds is 3. The Hall–Kier alpha value is -1.14. The van der Waals surface area contributed by atoms with Crippen LogP contribution in [0.4, 0.5) is 0 Å². The summed E-state index contributed by atoms with van der Waals surface area (Å²) in [6.07, 6.45) is 0. The summed E-state index contributed by atoms with van der Waals surface area (Å²) in [6.45, 7) is 3.02. The fourth-order valence-electron chi connectivity index (χ4n) is 2.03. The van der Waals surface area contributed by atoms with Gasteiger partial charge in [-0.15, -0.1) is 0 Å². The second-order valence-corrected chi connectivity index (χ2v) is 4.44. The van der Waals surface area contributed by atoms with Crippen LogP contribution < -0.4 is 10.6 Å². The molecule has 0 aromatic heterocycles. The fourth-order valence-corrected chi connectivity index (χ4v) is 2.03. The van der Waals surface area contributed by atoms with Crippen LogP contribution in [-0.2, 0) is 9.59 Å². The molecule has 0 aromatic rings. The summed E-state index contributed by atoms with van der Waals surface area (Å²) in [6, 6.07) is 0. The van der Waals surface area contributed by atoms with Gasteiger partial charge >= 0.3 is 0 Å². The molecule has 2 amide bonds. The summed E-state index contributed by atoms with van der Waals surface area (Å²) in [5, 5.41) is 5.50. The van der Waals surface area contributed by atoms with E-state index in [1.807, 2.05) is 7.05 Å². The number of carbonyl (C=O) groups is 2. The third-order valence-electron chi connectivity index (χ3n) is 3.02. The van der Waals surface area contributed by atoms with E-state index in [1.165, 1.54) is 0 Å². The zero-order valence-corrected chi connectivity index (χ0v) is 10.8. The van der Waals surface area contributed by atoms with Crippen LogP contribution in [-0.4, -0.2) is 75.5 Å². The van der Waals surface area contributed by atoms with Crippen molar-refractivity contribution in [2.75, 3.05) is 53.9 Å². The van der Waals surface area contributed by atoms with E-state index < -0.39 is 0 Å². The van der Waals surface area contributed by atoms with E-state index in [9.17, 15) is 9.59 Å². The molecule has 0 spiro atoms. The van der Waals surface area contributed by atoms with Crippen LogP contribution >= 0.6 is 0 Å². The third-order valence-corrected chi connectivity index (χ3v) is 3.02. The van der Waals surface area contributed by atoms with Crippen LogP contribution in [0.1, 0.15) is 0 Å². The third kappa shape index (κ3) is 3.98. The summed E-state index contributed by atoms with van der Waals surface area (Å²) in [4.78, 5) is 27.4. The quantitative estimate of drug-likeness (QED) is 0.622. The second-order valence-electron chi connectivity index (χ2n) is 4.44. The smallest absolute Gasteiger partial charge is 0.236 e. The average molecular weight is 242 g/mol. The Bertz CT molecular complexity index is 283. The molecule has 1 aliphatic rings. The summed E-state index contributed by atoms with van der Waals surface area (Å²) in [7, 11) is 5.35. The Morgan fingerprint density at radius 2 is 1.94 bits per heavy atom. The number of likely N-dealkylation sites (N-methyl/N-ethyl adjacent to an activating group) is 2. The molecule has 6 nitrogen and oxygen atoms in total. The first-order valence-corrected chi connectivity index (χ1v) is 5.91. The SMILES string of the molecule is CNCC(=O)N1CCN(C)C[C@H](C(=O)NC)C1. The van der Waals surface area contributed by atoms with Gasteiger partial charge in [-0.1, -0.05) is 0 Å². The van der Waals surface area contributed by atoms with Gasteiger partial charge in [-0.2, -0.15) is 0 Å². The molecule has 0 aliphatic carbocycles. The van der Waals surface area contributed by atoms with Crippen molar-refractivity contribution in [2.45, 2.75) is 0 Å². The van der Waals surface area contributed by atoms with E-state index in [-0.39, 0.29) is 17.7 Å². The van der Waals surface area contributed by atoms with Crippen LogP contribution in [0.25, 0.3) is 0 Å². The molecule has 6 heteroatoms. The number of nitrogens with one attached hydrogen (secondary N) is 2. The van der Waals surface area contributed by atoms with Gasteiger partial charge in [-0.25, -0.2) is 0 Å². The molecule has 1 aliphatic heterocycles. The molecule has 0 aromatic carbocycles. The highest BCUT2D eigenvalue weighted by molar-refractivity contribution is 5.81. The maximum atomic E-state index is 11.8. The van der Waals surface area contributed by atoms with Crippen molar-refractivity contribution < 1.29 is 9.59 Å². The molecule has 1 atom stereocenters. The number of hydrogen-bond donors (Lipinski definition) is 2. The number of nitrogens with zero attached hydrogens (tertiary/aromatic N) is 2. The lowest BCUT2D eigenvalue weighted by molar-refractivity contribution is -0.132. The predicted molar refractivity (Wildman–Crippen MR) is 65.6 cm³/mol. The van der Waals surface area contributed by atoms with E-state index in [0.29, 0.717) is 26.2 Å². The van der Waals surface area contributed by atoms with E-state index in [1.54, 1.807) is 19.0 Å². The molecule has 17 heavy (non-hydrogen) atoms. The van der Waals surface area contributed by atoms with Gasteiger partial charge in [0.1, 0.15) is 0 Å². The summed E-state index contributed by atoms with van der Waals surface area (Å²) >= 11 is 0. The molecular weight excluding hydrogens is 220 g/mol. The van der Waals surface area contributed by atoms with Gasteiger partial charge < -0.3 is 20.4 Å². The van der Waals surface area contributed by atoms with Gasteiger partial charge in [0.2, 0.25) is 11.8 Å². The van der Waals surface area contributed by atoms with E-state index in [4.69, 9.17) is 0 Å². The molecule has 1 rings (SSSR count). The molecule has 1 heterocycles. The van der Waals surface area contributed by atoms with Crippen molar-refractivity contribution in [3.8, 4) is 0 Å². The van der Waals surface area contributed by atoms with Crippen molar-refractivity contribution in [2.24, 2.45) is 5.92 Å². The minimum Gasteiger partial charge on any atom is -0.359 e. The minimum atomic E-state index is -0.145. The molecule has 1 saturated heterocycles. The molecule has 0 unspecified atom stereocenters. The maximum absolute atomic E-state index is 11.8. The first kappa shape index (κ1) is 13.9. The van der Waals surface area contributed by atoms with E-state index in [0.717, 1.165) is 6.54 Å². The Kier molecular flexibility index (Phi) is 5.37. The Balaban J connectivity index is 2.67. The van der Waals surface area contributed by atoms with Crippen LogP contribution in [0, 0.1) is 5.92 Å². The maximum Gasteiger partial charge on any atom is 0.236 e. The van der Waals surface area contributed by atoms with E-state index in [2.05, 4.69) is 15.5 Å². The Morgan fingerprint density at radius 1 is 1.24 bits per heavy atom. The first-order chi connectivity index (χ1) is 8.08. The molecular formula is C11H22N4O2. The summed E-state index contributed by atoms with van der Waals surface area (Å²) < 4.78 is 0. The molecule has 1 fully saturated rings. The lowest BCUT2D eigenvalue weighted by Gasteiger charge is -2.23. The topological polar surface area (TPSA) is 64.7 Å². The highest BCUT2D eigenvalue weighted by Crippen LogP contribution is 2.08. The fraction of sp³-hybridized carbons (Fsp3) is 0.818. The highest BCUT2D eigenvalue weighted by atomic mass is 16.2. The predicted octanol–water partition coefficient (Wildman–Crippen LogP) is -1.66. The van der Waals surface area contributed by atoms with Crippen molar-refractivity contribution in [1.82, 2.24) is 20.4 Å². The van der Waals surface area contributed by atoms with Crippen LogP contribution in [0.3, 0.4) is 0 Å². The number of carbonyl (C=O) groups excluding carboxylic acids is 2. The first-order valence-electron chi connectivity index (χ1n) is 5.91. The zero-order valence-electron chi connectivity index (χ0n) is 10.8. The normalized spacial score (nSPS) is 22.1. The van der Waals surface area contributed by atoms with Gasteiger partial charge in [-0.3, -0.25) is 9.59 Å². The lowest BCUT2D eigenvalue weighted by Crippen LogP contribution is -2.43. The Labute approximate surface area is 102 Å². The van der Waals surface area contributed by atoms with E-state index >= 15 is 0 Å². The lowest BCUT2D eigenvalue weighted by atomic mass is 10.1. The standard InChI is InChI=1S/C11H22N4O2/c1-12-6-10(16)15-5-4-14(3)7-9(8-15)11(17)13-2/h9,12H,4-8H2,1-3H3,(H,13,17)/t9-/m0/s1. The van der Waals surface area contributed by atoms with Crippen LogP contribution in [0.5, 0.6) is 0 Å². The molecule has 0 saturated carbocycles. The monoisotopic (exact) mass is 242 g/mol. The average Bonchev–Trinajstić information content (AvgIpc) is 2.50. The van der Waals surface area contributed by atoms with Gasteiger partial charge in [-0.05, 0) is 14.1 Å².